The van der Waals surface area contributed by atoms with Gasteiger partial charge < -0.3 is 15.0 Å². The highest BCUT2D eigenvalue weighted by Gasteiger charge is 2.04. The number of carbonyl (C=O) groups is 1. The smallest absolute Gasteiger partial charge is 0.225 e. The lowest BCUT2D eigenvalue weighted by Crippen LogP contribution is -2.23. The maximum absolute atomic E-state index is 11.4. The van der Waals surface area contributed by atoms with Crippen LogP contribution in [0.2, 0.25) is 0 Å². The zero-order valence-corrected chi connectivity index (χ0v) is 12.3. The molecule has 4 nitrogen and oxygen atoms in total. The van der Waals surface area contributed by atoms with Crippen LogP contribution < -0.4 is 10.1 Å². The number of nitrogens with one attached hydrogen (secondary N) is 1. The van der Waals surface area contributed by atoms with Crippen molar-refractivity contribution in [1.82, 2.24) is 10.2 Å². The average Bonchev–Trinajstić information content (AvgIpc) is 2.40. The predicted molar refractivity (Wildman–Crippen MR) is 77.5 cm³/mol. The van der Waals surface area contributed by atoms with Gasteiger partial charge in [0.25, 0.3) is 0 Å². The molecule has 1 aromatic carbocycles. The normalized spacial score (nSPS) is 12.0. The molecule has 0 saturated carbocycles. The molecule has 0 heterocycles. The van der Waals surface area contributed by atoms with E-state index in [9.17, 15) is 4.79 Å². The van der Waals surface area contributed by atoms with Crippen LogP contribution in [0, 0.1) is 0 Å². The largest absolute Gasteiger partial charge is 0.493 e. The Kier molecular flexibility index (Phi) is 6.36. The highest BCUT2D eigenvalue weighted by molar-refractivity contribution is 5.75. The molecule has 0 aliphatic rings. The molecule has 0 bridgehead atoms. The number of rotatable bonds is 7. The second kappa shape index (κ2) is 7.79. The second-order valence-corrected chi connectivity index (χ2v) is 4.92. The van der Waals surface area contributed by atoms with Crippen LogP contribution in [-0.2, 0) is 11.2 Å². The van der Waals surface area contributed by atoms with Crippen molar-refractivity contribution in [2.75, 3.05) is 27.7 Å². The molecule has 0 radical (unpaired) electrons. The first-order chi connectivity index (χ1) is 9.02. The molecule has 0 aromatic heterocycles. The molecule has 4 heteroatoms. The minimum atomic E-state index is 0.0828. The number of amides is 1. The van der Waals surface area contributed by atoms with E-state index in [1.165, 1.54) is 5.56 Å². The van der Waals surface area contributed by atoms with Crippen molar-refractivity contribution in [3.8, 4) is 5.75 Å². The Balaban J connectivity index is 2.38. The van der Waals surface area contributed by atoms with Gasteiger partial charge in [-0.15, -0.1) is 0 Å². The van der Waals surface area contributed by atoms with Gasteiger partial charge in [0.1, 0.15) is 5.75 Å². The Morgan fingerprint density at radius 1 is 1.32 bits per heavy atom. The lowest BCUT2D eigenvalue weighted by Gasteiger charge is -2.12. The molecule has 1 aromatic rings. The third kappa shape index (κ3) is 5.75. The number of benzene rings is 1. The maximum atomic E-state index is 11.4. The maximum Gasteiger partial charge on any atom is 0.225 e. The number of carbonyl (C=O) groups excluding carboxylic acids is 1. The van der Waals surface area contributed by atoms with Crippen molar-refractivity contribution in [3.05, 3.63) is 29.8 Å². The Hall–Kier alpha value is -1.55. The molecule has 0 fully saturated rings. The highest BCUT2D eigenvalue weighted by Crippen LogP contribution is 2.13. The van der Waals surface area contributed by atoms with Crippen molar-refractivity contribution in [2.24, 2.45) is 0 Å². The predicted octanol–water partition coefficient (Wildman–Crippen LogP) is 1.69. The number of hydrogen-bond acceptors (Lipinski definition) is 3. The van der Waals surface area contributed by atoms with Gasteiger partial charge in [-0.2, -0.15) is 0 Å². The van der Waals surface area contributed by atoms with Crippen LogP contribution in [0.4, 0.5) is 0 Å². The van der Waals surface area contributed by atoms with E-state index in [1.54, 1.807) is 19.0 Å². The average molecular weight is 264 g/mol. The second-order valence-electron chi connectivity index (χ2n) is 4.92. The zero-order chi connectivity index (χ0) is 14.3. The van der Waals surface area contributed by atoms with E-state index >= 15 is 0 Å². The molecule has 1 amide bonds. The van der Waals surface area contributed by atoms with Crippen molar-refractivity contribution in [3.63, 3.8) is 0 Å². The SMILES string of the molecule is CNC(C)Cc1ccc(OCCC(=O)N(C)C)cc1. The van der Waals surface area contributed by atoms with Crippen LogP contribution in [0.3, 0.4) is 0 Å². The molecule has 1 unspecified atom stereocenters. The summed E-state index contributed by atoms with van der Waals surface area (Å²) in [5.74, 6) is 0.895. The van der Waals surface area contributed by atoms with Gasteiger partial charge in [0.15, 0.2) is 0 Å². The van der Waals surface area contributed by atoms with E-state index in [0.717, 1.165) is 12.2 Å². The molecular weight excluding hydrogens is 240 g/mol. The number of ether oxygens (including phenoxy) is 1. The molecule has 1 N–H and O–H groups in total. The summed E-state index contributed by atoms with van der Waals surface area (Å²) in [4.78, 5) is 13.0. The molecular formula is C15H24N2O2. The standard InChI is InChI=1S/C15H24N2O2/c1-12(16-2)11-13-5-7-14(8-6-13)19-10-9-15(18)17(3)4/h5-8,12,16H,9-11H2,1-4H3. The first-order valence-electron chi connectivity index (χ1n) is 6.62. The summed E-state index contributed by atoms with van der Waals surface area (Å²) < 4.78 is 5.55. The Bertz CT molecular complexity index is 388. The Morgan fingerprint density at radius 3 is 2.47 bits per heavy atom. The van der Waals surface area contributed by atoms with Crippen molar-refractivity contribution in [1.29, 1.82) is 0 Å². The molecule has 106 valence electrons. The summed E-state index contributed by atoms with van der Waals surface area (Å²) in [6.07, 6.45) is 1.40. The van der Waals surface area contributed by atoms with Gasteiger partial charge in [0, 0.05) is 20.1 Å². The fraction of sp³-hybridized carbons (Fsp3) is 0.533. The lowest BCUT2D eigenvalue weighted by molar-refractivity contribution is -0.129. The summed E-state index contributed by atoms with van der Waals surface area (Å²) in [5, 5.41) is 3.21. The van der Waals surface area contributed by atoms with Gasteiger partial charge in [-0.25, -0.2) is 0 Å². The third-order valence-corrected chi connectivity index (χ3v) is 3.04. The van der Waals surface area contributed by atoms with Crippen molar-refractivity contribution < 1.29 is 9.53 Å². The number of hydrogen-bond donors (Lipinski definition) is 1. The minimum Gasteiger partial charge on any atom is -0.493 e. The fourth-order valence-electron chi connectivity index (χ4n) is 1.66. The van der Waals surface area contributed by atoms with Gasteiger partial charge in [-0.05, 0) is 38.1 Å². The molecule has 0 saturated heterocycles. The van der Waals surface area contributed by atoms with Crippen LogP contribution in [0.25, 0.3) is 0 Å². The van der Waals surface area contributed by atoms with E-state index in [4.69, 9.17) is 4.74 Å². The first kappa shape index (κ1) is 15.5. The topological polar surface area (TPSA) is 41.6 Å². The monoisotopic (exact) mass is 264 g/mol. The van der Waals surface area contributed by atoms with Crippen LogP contribution in [0.15, 0.2) is 24.3 Å². The van der Waals surface area contributed by atoms with E-state index in [-0.39, 0.29) is 5.91 Å². The summed E-state index contributed by atoms with van der Waals surface area (Å²) in [7, 11) is 5.46. The van der Waals surface area contributed by atoms with E-state index in [1.807, 2.05) is 19.2 Å². The molecule has 1 rings (SSSR count). The number of likely N-dealkylation sites (N-methyl/N-ethyl adjacent to an activating group) is 1. The highest BCUT2D eigenvalue weighted by atomic mass is 16.5. The molecule has 0 aliphatic heterocycles. The van der Waals surface area contributed by atoms with Crippen molar-refractivity contribution >= 4 is 5.91 Å². The molecule has 19 heavy (non-hydrogen) atoms. The van der Waals surface area contributed by atoms with Crippen LogP contribution in [-0.4, -0.2) is 44.6 Å². The third-order valence-electron chi connectivity index (χ3n) is 3.04. The van der Waals surface area contributed by atoms with Gasteiger partial charge in [-0.1, -0.05) is 12.1 Å². The summed E-state index contributed by atoms with van der Waals surface area (Å²) >= 11 is 0. The summed E-state index contributed by atoms with van der Waals surface area (Å²) in [5.41, 5.74) is 1.28. The first-order valence-corrected chi connectivity index (χ1v) is 6.62. The summed E-state index contributed by atoms with van der Waals surface area (Å²) in [6.45, 7) is 2.57. The molecule has 0 spiro atoms. The quantitative estimate of drug-likeness (QED) is 0.815. The van der Waals surface area contributed by atoms with Crippen molar-refractivity contribution in [2.45, 2.75) is 25.8 Å². The summed E-state index contributed by atoms with van der Waals surface area (Å²) in [6, 6.07) is 8.51. The zero-order valence-electron chi connectivity index (χ0n) is 12.3. The van der Waals surface area contributed by atoms with Gasteiger partial charge >= 0.3 is 0 Å². The van der Waals surface area contributed by atoms with Crippen LogP contribution in [0.5, 0.6) is 5.75 Å². The van der Waals surface area contributed by atoms with Crippen LogP contribution in [0.1, 0.15) is 18.9 Å². The minimum absolute atomic E-state index is 0.0828. The van der Waals surface area contributed by atoms with Gasteiger partial charge in [0.2, 0.25) is 5.91 Å². The van der Waals surface area contributed by atoms with E-state index < -0.39 is 0 Å². The van der Waals surface area contributed by atoms with Crippen LogP contribution >= 0.6 is 0 Å². The van der Waals surface area contributed by atoms with E-state index in [0.29, 0.717) is 19.1 Å². The Labute approximate surface area is 115 Å². The Morgan fingerprint density at radius 2 is 1.95 bits per heavy atom. The lowest BCUT2D eigenvalue weighted by atomic mass is 10.1. The van der Waals surface area contributed by atoms with Gasteiger partial charge in [0.05, 0.1) is 13.0 Å². The van der Waals surface area contributed by atoms with Gasteiger partial charge in [-0.3, -0.25) is 4.79 Å². The molecule has 1 atom stereocenters. The van der Waals surface area contributed by atoms with E-state index in [2.05, 4.69) is 24.4 Å². The molecule has 0 aliphatic carbocycles. The fourth-order valence-corrected chi connectivity index (χ4v) is 1.66. The number of nitrogens with zero attached hydrogens (tertiary/aromatic N) is 1.